The van der Waals surface area contributed by atoms with Crippen molar-refractivity contribution in [1.29, 1.82) is 5.26 Å². The van der Waals surface area contributed by atoms with E-state index in [4.69, 9.17) is 11.6 Å². The van der Waals surface area contributed by atoms with Crippen molar-refractivity contribution < 1.29 is 0 Å². The van der Waals surface area contributed by atoms with E-state index in [0.717, 1.165) is 32.4 Å². The molecule has 4 heteroatoms. The lowest BCUT2D eigenvalue weighted by Gasteiger charge is -2.16. The Morgan fingerprint density at radius 2 is 1.86 bits per heavy atom. The molecule has 0 amide bonds. The Kier molecular flexibility index (Phi) is 5.64. The first kappa shape index (κ1) is 16.3. The van der Waals surface area contributed by atoms with Gasteiger partial charge in [0.1, 0.15) is 6.07 Å². The van der Waals surface area contributed by atoms with Gasteiger partial charge in [-0.3, -0.25) is 0 Å². The minimum absolute atomic E-state index is 0.737. The second-order valence-electron chi connectivity index (χ2n) is 4.66. The number of thioether (sulfide) groups is 2. The Labute approximate surface area is 139 Å². The van der Waals surface area contributed by atoms with Crippen LogP contribution in [0.4, 0.5) is 0 Å². The van der Waals surface area contributed by atoms with E-state index < -0.39 is 0 Å². The van der Waals surface area contributed by atoms with E-state index in [-0.39, 0.29) is 0 Å². The molecular weight excluding hydrogens is 318 g/mol. The summed E-state index contributed by atoms with van der Waals surface area (Å²) in [6.45, 7) is 2.04. The first-order valence-corrected chi connectivity index (χ1v) is 9.47. The molecule has 0 bridgehead atoms. The number of rotatable bonds is 4. The summed E-state index contributed by atoms with van der Waals surface area (Å²) >= 11 is 9.38. The van der Waals surface area contributed by atoms with Crippen molar-refractivity contribution in [2.24, 2.45) is 0 Å². The van der Waals surface area contributed by atoms with Crippen molar-refractivity contribution in [2.45, 2.75) is 17.6 Å². The minimum atomic E-state index is 0.737. The lowest BCUT2D eigenvalue weighted by molar-refractivity contribution is 1.22. The van der Waals surface area contributed by atoms with Crippen LogP contribution >= 0.6 is 35.1 Å². The molecule has 0 aromatic heterocycles. The van der Waals surface area contributed by atoms with Gasteiger partial charge in [-0.15, -0.1) is 11.8 Å². The van der Waals surface area contributed by atoms with Crippen molar-refractivity contribution in [1.82, 2.24) is 0 Å². The zero-order valence-corrected chi connectivity index (χ0v) is 14.6. The number of nitriles is 1. The molecule has 0 fully saturated rings. The van der Waals surface area contributed by atoms with Gasteiger partial charge in [0, 0.05) is 15.7 Å². The van der Waals surface area contributed by atoms with E-state index in [1.165, 1.54) is 11.1 Å². The molecule has 0 unspecified atom stereocenters. The van der Waals surface area contributed by atoms with Crippen LogP contribution in [0, 0.1) is 18.3 Å². The van der Waals surface area contributed by atoms with Crippen LogP contribution in [0.5, 0.6) is 0 Å². The molecule has 2 aromatic rings. The van der Waals surface area contributed by atoms with E-state index >= 15 is 0 Å². The summed E-state index contributed by atoms with van der Waals surface area (Å²) in [6, 6.07) is 12.4. The Morgan fingerprint density at radius 3 is 2.38 bits per heavy atom. The molecule has 2 rings (SSSR count). The van der Waals surface area contributed by atoms with Crippen molar-refractivity contribution in [2.75, 3.05) is 12.5 Å². The first-order chi connectivity index (χ1) is 10.1. The second-order valence-corrected chi connectivity index (χ2v) is 6.81. The second kappa shape index (κ2) is 7.26. The molecule has 0 N–H and O–H groups in total. The normalized spacial score (nSPS) is 10.4. The molecule has 0 radical (unpaired) electrons. The van der Waals surface area contributed by atoms with Gasteiger partial charge in [-0.2, -0.15) is 17.0 Å². The molecule has 0 aliphatic heterocycles. The number of benzene rings is 2. The summed E-state index contributed by atoms with van der Waals surface area (Å²) in [7, 11) is 0. The van der Waals surface area contributed by atoms with Gasteiger partial charge < -0.3 is 0 Å². The molecule has 2 aromatic carbocycles. The van der Waals surface area contributed by atoms with Gasteiger partial charge >= 0.3 is 0 Å². The molecule has 21 heavy (non-hydrogen) atoms. The Morgan fingerprint density at radius 1 is 1.19 bits per heavy atom. The van der Waals surface area contributed by atoms with Crippen LogP contribution in [0.1, 0.15) is 16.7 Å². The van der Waals surface area contributed by atoms with E-state index in [1.807, 2.05) is 37.4 Å². The van der Waals surface area contributed by atoms with Crippen LogP contribution in [-0.2, 0) is 5.75 Å². The van der Waals surface area contributed by atoms with Crippen molar-refractivity contribution in [3.8, 4) is 17.2 Å². The predicted octanol–water partition coefficient (Wildman–Crippen LogP) is 5.77. The average Bonchev–Trinajstić information content (AvgIpc) is 2.50. The molecule has 108 valence electrons. The Hall–Kier alpha value is -1.08. The van der Waals surface area contributed by atoms with E-state index in [1.54, 1.807) is 23.5 Å². The standard InChI is InChI=1S/C17H16ClNS2/c1-11-15(9-19)17(21-3)8-14(16(11)10-20-2)12-4-6-13(18)7-5-12/h4-8H,10H2,1-3H3. The zero-order valence-electron chi connectivity index (χ0n) is 12.2. The van der Waals surface area contributed by atoms with Crippen LogP contribution in [0.25, 0.3) is 11.1 Å². The van der Waals surface area contributed by atoms with Gasteiger partial charge in [0.15, 0.2) is 0 Å². The van der Waals surface area contributed by atoms with Gasteiger partial charge in [0.25, 0.3) is 0 Å². The fourth-order valence-electron chi connectivity index (χ4n) is 2.35. The van der Waals surface area contributed by atoms with Crippen LogP contribution in [0.15, 0.2) is 35.2 Å². The third kappa shape index (κ3) is 3.40. The largest absolute Gasteiger partial charge is 0.192 e. The van der Waals surface area contributed by atoms with Gasteiger partial charge in [-0.25, -0.2) is 0 Å². The highest BCUT2D eigenvalue weighted by Crippen LogP contribution is 2.36. The lowest BCUT2D eigenvalue weighted by atomic mass is 9.94. The van der Waals surface area contributed by atoms with Crippen LogP contribution in [0.3, 0.4) is 0 Å². The molecule has 0 saturated heterocycles. The highest BCUT2D eigenvalue weighted by atomic mass is 35.5. The molecule has 0 heterocycles. The topological polar surface area (TPSA) is 23.8 Å². The summed E-state index contributed by atoms with van der Waals surface area (Å²) in [5, 5.41) is 10.2. The third-order valence-electron chi connectivity index (χ3n) is 3.45. The highest BCUT2D eigenvalue weighted by molar-refractivity contribution is 7.98. The maximum atomic E-state index is 9.43. The highest BCUT2D eigenvalue weighted by Gasteiger charge is 2.15. The molecule has 0 aliphatic rings. The predicted molar refractivity (Wildman–Crippen MR) is 95.3 cm³/mol. The van der Waals surface area contributed by atoms with E-state index in [9.17, 15) is 5.26 Å². The average molecular weight is 334 g/mol. The van der Waals surface area contributed by atoms with Crippen LogP contribution in [-0.4, -0.2) is 12.5 Å². The van der Waals surface area contributed by atoms with Gasteiger partial charge in [-0.05, 0) is 59.9 Å². The third-order valence-corrected chi connectivity index (χ3v) is 5.04. The monoisotopic (exact) mass is 333 g/mol. The molecular formula is C17H16ClNS2. The molecule has 0 atom stereocenters. The van der Waals surface area contributed by atoms with Gasteiger partial charge in [-0.1, -0.05) is 23.7 Å². The zero-order chi connectivity index (χ0) is 15.4. The first-order valence-electron chi connectivity index (χ1n) is 6.47. The number of nitrogens with zero attached hydrogens (tertiary/aromatic N) is 1. The van der Waals surface area contributed by atoms with Gasteiger partial charge in [0.05, 0.1) is 5.56 Å². The molecule has 0 aliphatic carbocycles. The molecule has 0 saturated carbocycles. The molecule has 0 spiro atoms. The summed E-state index contributed by atoms with van der Waals surface area (Å²) < 4.78 is 0. The van der Waals surface area contributed by atoms with Crippen molar-refractivity contribution >= 4 is 35.1 Å². The number of halogens is 1. The van der Waals surface area contributed by atoms with Crippen LogP contribution in [0.2, 0.25) is 5.02 Å². The lowest BCUT2D eigenvalue weighted by Crippen LogP contribution is -1.98. The Balaban J connectivity index is 2.71. The maximum absolute atomic E-state index is 9.43. The number of hydrogen-bond donors (Lipinski definition) is 0. The number of hydrogen-bond acceptors (Lipinski definition) is 3. The van der Waals surface area contributed by atoms with Gasteiger partial charge in [0.2, 0.25) is 0 Å². The Bertz CT molecular complexity index is 687. The summed E-state index contributed by atoms with van der Waals surface area (Å²) in [6.07, 6.45) is 4.09. The fourth-order valence-corrected chi connectivity index (χ4v) is 3.77. The van der Waals surface area contributed by atoms with E-state index in [2.05, 4.69) is 18.4 Å². The van der Waals surface area contributed by atoms with Crippen molar-refractivity contribution in [3.63, 3.8) is 0 Å². The molecule has 1 nitrogen and oxygen atoms in total. The summed E-state index contributed by atoms with van der Waals surface area (Å²) in [4.78, 5) is 1.03. The van der Waals surface area contributed by atoms with Crippen molar-refractivity contribution in [3.05, 3.63) is 52.0 Å². The summed E-state index contributed by atoms with van der Waals surface area (Å²) in [5.41, 5.74) is 5.46. The maximum Gasteiger partial charge on any atom is 0.101 e. The minimum Gasteiger partial charge on any atom is -0.192 e. The quantitative estimate of drug-likeness (QED) is 0.663. The SMILES string of the molecule is CSCc1c(-c2ccc(Cl)cc2)cc(SC)c(C#N)c1C. The van der Waals surface area contributed by atoms with E-state index in [0.29, 0.717) is 0 Å². The fraction of sp³-hybridized carbons (Fsp3) is 0.235. The smallest absolute Gasteiger partial charge is 0.101 e. The summed E-state index contributed by atoms with van der Waals surface area (Å²) in [5.74, 6) is 0.896. The van der Waals surface area contributed by atoms with Crippen LogP contribution < -0.4 is 0 Å².